The van der Waals surface area contributed by atoms with Crippen molar-refractivity contribution in [1.29, 1.82) is 0 Å². The first kappa shape index (κ1) is 10.1. The van der Waals surface area contributed by atoms with Gasteiger partial charge in [0.15, 0.2) is 0 Å². The molecule has 0 spiro atoms. The Balaban J connectivity index is 2.02. The SMILES string of the molecule is Cc1cc(NCc2ncn[nH]2)ncc1Br. The highest BCUT2D eigenvalue weighted by molar-refractivity contribution is 9.10. The highest BCUT2D eigenvalue weighted by Gasteiger charge is 1.99. The Morgan fingerprint density at radius 3 is 3.00 bits per heavy atom. The summed E-state index contributed by atoms with van der Waals surface area (Å²) in [6.07, 6.45) is 3.26. The second-order valence-electron chi connectivity index (χ2n) is 3.10. The highest BCUT2D eigenvalue weighted by Crippen LogP contribution is 2.17. The van der Waals surface area contributed by atoms with E-state index in [-0.39, 0.29) is 0 Å². The monoisotopic (exact) mass is 267 g/mol. The van der Waals surface area contributed by atoms with Gasteiger partial charge in [-0.05, 0) is 34.5 Å². The largest absolute Gasteiger partial charge is 0.363 e. The molecule has 0 radical (unpaired) electrons. The number of aryl methyl sites for hydroxylation is 1. The summed E-state index contributed by atoms with van der Waals surface area (Å²) >= 11 is 3.40. The molecule has 6 heteroatoms. The van der Waals surface area contributed by atoms with Gasteiger partial charge in [0, 0.05) is 10.7 Å². The molecule has 2 heterocycles. The fourth-order valence-corrected chi connectivity index (χ4v) is 1.34. The quantitative estimate of drug-likeness (QED) is 0.892. The molecule has 0 unspecified atom stereocenters. The lowest BCUT2D eigenvalue weighted by Gasteiger charge is -2.04. The first-order valence-corrected chi connectivity index (χ1v) is 5.25. The Morgan fingerprint density at radius 2 is 2.33 bits per heavy atom. The summed E-state index contributed by atoms with van der Waals surface area (Å²) in [5, 5.41) is 9.68. The van der Waals surface area contributed by atoms with Crippen LogP contribution < -0.4 is 5.32 Å². The highest BCUT2D eigenvalue weighted by atomic mass is 79.9. The van der Waals surface area contributed by atoms with Crippen molar-refractivity contribution < 1.29 is 0 Å². The molecule has 0 fully saturated rings. The topological polar surface area (TPSA) is 66.5 Å². The van der Waals surface area contributed by atoms with Gasteiger partial charge >= 0.3 is 0 Å². The zero-order valence-corrected chi connectivity index (χ0v) is 9.74. The van der Waals surface area contributed by atoms with Crippen LogP contribution in [0.15, 0.2) is 23.1 Å². The molecule has 2 aromatic rings. The smallest absolute Gasteiger partial charge is 0.143 e. The van der Waals surface area contributed by atoms with Gasteiger partial charge < -0.3 is 5.32 Å². The number of aromatic amines is 1. The molecule has 2 rings (SSSR count). The van der Waals surface area contributed by atoms with Crippen LogP contribution in [0.4, 0.5) is 5.82 Å². The average Bonchev–Trinajstić information content (AvgIpc) is 2.73. The summed E-state index contributed by atoms with van der Waals surface area (Å²) in [6, 6.07) is 1.97. The number of H-pyrrole nitrogens is 1. The molecular formula is C9H10BrN5. The minimum absolute atomic E-state index is 0.591. The van der Waals surface area contributed by atoms with Crippen molar-refractivity contribution in [2.24, 2.45) is 0 Å². The zero-order chi connectivity index (χ0) is 10.7. The fourth-order valence-electron chi connectivity index (χ4n) is 1.13. The lowest BCUT2D eigenvalue weighted by atomic mass is 10.3. The van der Waals surface area contributed by atoms with Crippen LogP contribution in [0, 0.1) is 6.92 Å². The number of halogens is 1. The molecule has 5 nitrogen and oxygen atoms in total. The van der Waals surface area contributed by atoms with Crippen LogP contribution in [-0.4, -0.2) is 20.2 Å². The van der Waals surface area contributed by atoms with E-state index >= 15 is 0 Å². The Hall–Kier alpha value is -1.43. The van der Waals surface area contributed by atoms with Gasteiger partial charge in [0.05, 0.1) is 6.54 Å². The van der Waals surface area contributed by atoms with Crippen molar-refractivity contribution in [1.82, 2.24) is 20.2 Å². The molecule has 2 N–H and O–H groups in total. The van der Waals surface area contributed by atoms with Crippen molar-refractivity contribution in [3.8, 4) is 0 Å². The third kappa shape index (κ3) is 2.53. The maximum atomic E-state index is 4.22. The number of pyridine rings is 1. The van der Waals surface area contributed by atoms with E-state index in [0.29, 0.717) is 6.54 Å². The van der Waals surface area contributed by atoms with E-state index in [1.54, 1.807) is 6.20 Å². The molecule has 0 saturated carbocycles. The fraction of sp³-hybridized carbons (Fsp3) is 0.222. The molecule has 0 atom stereocenters. The van der Waals surface area contributed by atoms with E-state index < -0.39 is 0 Å². The van der Waals surface area contributed by atoms with Crippen LogP contribution in [-0.2, 0) is 6.54 Å². The molecule has 78 valence electrons. The maximum absolute atomic E-state index is 4.22. The molecule has 0 amide bonds. The minimum Gasteiger partial charge on any atom is -0.363 e. The van der Waals surface area contributed by atoms with E-state index in [1.807, 2.05) is 13.0 Å². The van der Waals surface area contributed by atoms with Crippen LogP contribution in [0.1, 0.15) is 11.4 Å². The molecule has 2 aromatic heterocycles. The van der Waals surface area contributed by atoms with Gasteiger partial charge in [-0.3, -0.25) is 5.10 Å². The zero-order valence-electron chi connectivity index (χ0n) is 8.16. The average molecular weight is 268 g/mol. The van der Waals surface area contributed by atoms with E-state index in [0.717, 1.165) is 21.7 Å². The summed E-state index contributed by atoms with van der Waals surface area (Å²) < 4.78 is 1.01. The number of rotatable bonds is 3. The van der Waals surface area contributed by atoms with Crippen LogP contribution in [0.2, 0.25) is 0 Å². The molecule has 15 heavy (non-hydrogen) atoms. The maximum Gasteiger partial charge on any atom is 0.143 e. The van der Waals surface area contributed by atoms with Gasteiger partial charge in [-0.1, -0.05) is 0 Å². The Bertz CT molecular complexity index is 440. The first-order valence-electron chi connectivity index (χ1n) is 4.46. The molecule has 0 aliphatic carbocycles. The molecule has 0 bridgehead atoms. The van der Waals surface area contributed by atoms with E-state index in [9.17, 15) is 0 Å². The summed E-state index contributed by atoms with van der Waals surface area (Å²) in [6.45, 7) is 2.61. The predicted molar refractivity (Wildman–Crippen MR) is 60.4 cm³/mol. The molecule has 0 aliphatic rings. The minimum atomic E-state index is 0.591. The first-order chi connectivity index (χ1) is 7.25. The van der Waals surface area contributed by atoms with Gasteiger partial charge in [0.2, 0.25) is 0 Å². The Labute approximate surface area is 95.5 Å². The van der Waals surface area contributed by atoms with Gasteiger partial charge in [-0.25, -0.2) is 9.97 Å². The summed E-state index contributed by atoms with van der Waals surface area (Å²) in [5.74, 6) is 1.62. The molecule has 0 aliphatic heterocycles. The van der Waals surface area contributed by atoms with Crippen LogP contribution >= 0.6 is 15.9 Å². The summed E-state index contributed by atoms with van der Waals surface area (Å²) in [4.78, 5) is 8.22. The lowest BCUT2D eigenvalue weighted by Crippen LogP contribution is -2.03. The Morgan fingerprint density at radius 1 is 1.47 bits per heavy atom. The summed E-state index contributed by atoms with van der Waals surface area (Å²) in [7, 11) is 0. The van der Waals surface area contributed by atoms with Crippen LogP contribution in [0.5, 0.6) is 0 Å². The standard InChI is InChI=1S/C9H10BrN5/c1-6-2-8(11-3-7(6)10)12-4-9-13-5-14-15-9/h2-3,5H,4H2,1H3,(H,11,12)(H,13,14,15). The second kappa shape index (κ2) is 4.39. The van der Waals surface area contributed by atoms with Crippen molar-refractivity contribution in [2.75, 3.05) is 5.32 Å². The van der Waals surface area contributed by atoms with Crippen molar-refractivity contribution in [2.45, 2.75) is 13.5 Å². The van der Waals surface area contributed by atoms with E-state index in [4.69, 9.17) is 0 Å². The van der Waals surface area contributed by atoms with Gasteiger partial charge in [0.1, 0.15) is 18.0 Å². The number of aromatic nitrogens is 4. The van der Waals surface area contributed by atoms with E-state index in [2.05, 4.69) is 41.4 Å². The van der Waals surface area contributed by atoms with Gasteiger partial charge in [-0.15, -0.1) is 0 Å². The summed E-state index contributed by atoms with van der Waals surface area (Å²) in [5.41, 5.74) is 1.14. The normalized spacial score (nSPS) is 10.3. The van der Waals surface area contributed by atoms with Crippen LogP contribution in [0.25, 0.3) is 0 Å². The van der Waals surface area contributed by atoms with Crippen molar-refractivity contribution >= 4 is 21.7 Å². The number of hydrogen-bond acceptors (Lipinski definition) is 4. The van der Waals surface area contributed by atoms with Crippen molar-refractivity contribution in [3.63, 3.8) is 0 Å². The Kier molecular flexibility index (Phi) is 2.96. The molecule has 0 saturated heterocycles. The second-order valence-corrected chi connectivity index (χ2v) is 3.96. The van der Waals surface area contributed by atoms with Gasteiger partial charge in [0.25, 0.3) is 0 Å². The molecule has 0 aromatic carbocycles. The number of nitrogens with zero attached hydrogens (tertiary/aromatic N) is 3. The van der Waals surface area contributed by atoms with Crippen LogP contribution in [0.3, 0.4) is 0 Å². The number of anilines is 1. The number of nitrogens with one attached hydrogen (secondary N) is 2. The predicted octanol–water partition coefficient (Wildman–Crippen LogP) is 1.88. The van der Waals surface area contributed by atoms with Crippen molar-refractivity contribution in [3.05, 3.63) is 34.5 Å². The number of hydrogen-bond donors (Lipinski definition) is 2. The molecular weight excluding hydrogens is 258 g/mol. The van der Waals surface area contributed by atoms with E-state index in [1.165, 1.54) is 6.33 Å². The lowest BCUT2D eigenvalue weighted by molar-refractivity contribution is 0.946. The third-order valence-corrected chi connectivity index (χ3v) is 2.78. The van der Waals surface area contributed by atoms with Gasteiger partial charge in [-0.2, -0.15) is 5.10 Å². The third-order valence-electron chi connectivity index (χ3n) is 1.95.